The molecular weight excluding hydrogens is 613 g/mol. The first kappa shape index (κ1) is 29.8. The lowest BCUT2D eigenvalue weighted by Crippen LogP contribution is -2.69. The van der Waals surface area contributed by atoms with Crippen molar-refractivity contribution >= 4 is 63.8 Å². The van der Waals surface area contributed by atoms with E-state index in [9.17, 15) is 9.59 Å². The van der Waals surface area contributed by atoms with Crippen LogP contribution in [0, 0.1) is 17.3 Å². The lowest BCUT2D eigenvalue weighted by molar-refractivity contribution is 0.0463. The van der Waals surface area contributed by atoms with Gasteiger partial charge < -0.3 is 16.8 Å². The summed E-state index contributed by atoms with van der Waals surface area (Å²) in [4.78, 5) is 38.6. The number of carbonyl (C=O) groups excluding carboxylic acids is 2. The number of Topliss-reactive ketones (excluding diaryl/α,β-unsaturated/α-hetero) is 2. The topological polar surface area (TPSA) is 123 Å². The molecule has 0 bridgehead atoms. The van der Waals surface area contributed by atoms with Crippen LogP contribution in [0.4, 0.5) is 0 Å². The Morgan fingerprint density at radius 3 is 1.36 bits per heavy atom. The number of halogens is 2. The van der Waals surface area contributed by atoms with Crippen LogP contribution in [0.1, 0.15) is 43.9 Å². The molecule has 7 nitrogen and oxygen atoms in total. The lowest BCUT2D eigenvalue weighted by atomic mass is 9.52. The molecule has 2 heterocycles. The van der Waals surface area contributed by atoms with Crippen LogP contribution in [0.2, 0.25) is 10.0 Å². The fourth-order valence-corrected chi connectivity index (χ4v) is 6.94. The molecule has 4 aromatic rings. The normalized spacial score (nSPS) is 22.6. The predicted octanol–water partition coefficient (Wildman–Crippen LogP) is 6.38. The second-order valence-electron chi connectivity index (χ2n) is 10.8. The number of piperidine rings is 1. The van der Waals surface area contributed by atoms with E-state index in [1.807, 2.05) is 60.7 Å². The van der Waals surface area contributed by atoms with E-state index in [0.717, 1.165) is 11.1 Å². The molecule has 44 heavy (non-hydrogen) atoms. The molecule has 1 saturated heterocycles. The molecule has 6 rings (SSSR count). The van der Waals surface area contributed by atoms with Gasteiger partial charge in [-0.25, -0.2) is 9.98 Å². The maximum absolute atomic E-state index is 14.9. The zero-order valence-electron chi connectivity index (χ0n) is 23.2. The van der Waals surface area contributed by atoms with Crippen LogP contribution in [-0.2, 0) is 0 Å². The summed E-state index contributed by atoms with van der Waals surface area (Å²) in [5, 5.41) is 4.56. The molecule has 0 aromatic heterocycles. The van der Waals surface area contributed by atoms with Gasteiger partial charge >= 0.3 is 0 Å². The Kier molecular flexibility index (Phi) is 8.18. The standard InChI is InChI=1S/C34H27Cl2N5O2S/c35-23-15-11-21(12-16-23)29(42)25-27(19-7-3-1-4-8-19)39-28(20-9-5-2-6-10-20)26(30(43)22-13-17-24(36)18-14-22)34(25)31(37)40-33(44)41-32(34)38/h1-18,25-28,39H,(H4,37,38,40,41,44). The number of rotatable bonds is 6. The van der Waals surface area contributed by atoms with Gasteiger partial charge in [0.2, 0.25) is 5.11 Å². The highest BCUT2D eigenvalue weighted by Crippen LogP contribution is 2.55. The summed E-state index contributed by atoms with van der Waals surface area (Å²) in [6.07, 6.45) is 0. The SMILES string of the molecule is NC1=NC(=S)N=C(N)C12C(C(=O)c1ccc(Cl)cc1)C(c1ccccc1)NC(c1ccccc1)C2C(=O)c1ccc(Cl)cc1. The first-order valence-corrected chi connectivity index (χ1v) is 15.1. The van der Waals surface area contributed by atoms with E-state index in [1.165, 1.54) is 0 Å². The Morgan fingerprint density at radius 1 is 0.636 bits per heavy atom. The van der Waals surface area contributed by atoms with Crippen molar-refractivity contribution in [2.24, 2.45) is 38.7 Å². The van der Waals surface area contributed by atoms with Crippen molar-refractivity contribution in [1.29, 1.82) is 0 Å². The van der Waals surface area contributed by atoms with Gasteiger partial charge in [0.25, 0.3) is 0 Å². The molecule has 5 N–H and O–H groups in total. The molecule has 0 aliphatic carbocycles. The van der Waals surface area contributed by atoms with Crippen molar-refractivity contribution in [3.8, 4) is 0 Å². The van der Waals surface area contributed by atoms with E-state index in [-0.39, 0.29) is 28.4 Å². The van der Waals surface area contributed by atoms with Gasteiger partial charge in [0, 0.05) is 33.3 Å². The fourth-order valence-electron chi connectivity index (χ4n) is 6.49. The molecule has 4 aromatic carbocycles. The average Bonchev–Trinajstić information content (AvgIpc) is 3.03. The highest BCUT2D eigenvalue weighted by Gasteiger charge is 2.66. The molecule has 220 valence electrons. The van der Waals surface area contributed by atoms with Gasteiger partial charge in [-0.3, -0.25) is 9.59 Å². The van der Waals surface area contributed by atoms with E-state index in [2.05, 4.69) is 15.3 Å². The second-order valence-corrected chi connectivity index (χ2v) is 12.0. The van der Waals surface area contributed by atoms with Crippen molar-refractivity contribution in [3.63, 3.8) is 0 Å². The predicted molar refractivity (Wildman–Crippen MR) is 178 cm³/mol. The summed E-state index contributed by atoms with van der Waals surface area (Å²) in [6.45, 7) is 0. The lowest BCUT2D eigenvalue weighted by Gasteiger charge is -2.55. The molecule has 0 amide bonds. The van der Waals surface area contributed by atoms with E-state index < -0.39 is 29.3 Å². The van der Waals surface area contributed by atoms with Crippen molar-refractivity contribution in [2.45, 2.75) is 12.1 Å². The second kappa shape index (κ2) is 12.1. The van der Waals surface area contributed by atoms with E-state index >= 15 is 0 Å². The van der Waals surface area contributed by atoms with Crippen LogP contribution in [0.25, 0.3) is 0 Å². The average molecular weight is 641 g/mol. The zero-order chi connectivity index (χ0) is 31.0. The van der Waals surface area contributed by atoms with E-state index in [4.69, 9.17) is 46.9 Å². The summed E-state index contributed by atoms with van der Waals surface area (Å²) in [5.74, 6) is -2.85. The van der Waals surface area contributed by atoms with Crippen molar-refractivity contribution in [1.82, 2.24) is 5.32 Å². The highest BCUT2D eigenvalue weighted by molar-refractivity contribution is 7.80. The van der Waals surface area contributed by atoms with Crippen LogP contribution in [0.3, 0.4) is 0 Å². The van der Waals surface area contributed by atoms with E-state index in [1.54, 1.807) is 48.5 Å². The van der Waals surface area contributed by atoms with Crippen molar-refractivity contribution in [3.05, 3.63) is 141 Å². The molecule has 4 unspecified atom stereocenters. The minimum atomic E-state index is -1.68. The maximum Gasteiger partial charge on any atom is 0.222 e. The molecular formula is C34H27Cl2N5O2S. The third kappa shape index (κ3) is 5.14. The summed E-state index contributed by atoms with van der Waals surface area (Å²) >= 11 is 17.7. The Morgan fingerprint density at radius 2 is 1.00 bits per heavy atom. The number of ketones is 2. The first-order chi connectivity index (χ1) is 21.2. The number of thiocarbonyl (C=S) groups is 1. The maximum atomic E-state index is 14.9. The zero-order valence-corrected chi connectivity index (χ0v) is 25.6. The molecule has 1 fully saturated rings. The number of amidine groups is 2. The van der Waals surface area contributed by atoms with Crippen molar-refractivity contribution in [2.75, 3.05) is 0 Å². The third-order valence-corrected chi connectivity index (χ3v) is 9.11. The van der Waals surface area contributed by atoms with Crippen LogP contribution < -0.4 is 16.8 Å². The first-order valence-electron chi connectivity index (χ1n) is 13.9. The fraction of sp³-hybridized carbons (Fsp3) is 0.147. The van der Waals surface area contributed by atoms with Crippen LogP contribution >= 0.6 is 35.4 Å². The monoisotopic (exact) mass is 639 g/mol. The Balaban J connectivity index is 1.69. The number of nitrogens with zero attached hydrogens (tertiary/aromatic N) is 2. The molecule has 10 heteroatoms. The largest absolute Gasteiger partial charge is 0.386 e. The van der Waals surface area contributed by atoms with Crippen LogP contribution in [0.5, 0.6) is 0 Å². The van der Waals surface area contributed by atoms with Gasteiger partial charge in [0.05, 0.1) is 11.8 Å². The Hall–Kier alpha value is -4.21. The Bertz CT molecular complexity index is 1660. The molecule has 1 spiro atoms. The number of aliphatic imine (C=N–C) groups is 2. The summed E-state index contributed by atoms with van der Waals surface area (Å²) in [6, 6.07) is 30.8. The number of benzene rings is 4. The summed E-state index contributed by atoms with van der Waals surface area (Å²) in [7, 11) is 0. The van der Waals surface area contributed by atoms with Crippen LogP contribution in [-0.4, -0.2) is 28.4 Å². The summed E-state index contributed by atoms with van der Waals surface area (Å²) in [5.41, 5.74) is 14.4. The quantitative estimate of drug-likeness (QED) is 0.166. The Labute approximate surface area is 270 Å². The molecule has 2 aliphatic heterocycles. The van der Waals surface area contributed by atoms with Gasteiger partial charge in [0.15, 0.2) is 11.6 Å². The minimum absolute atomic E-state index is 0.0435. The van der Waals surface area contributed by atoms with E-state index in [0.29, 0.717) is 21.2 Å². The molecule has 0 radical (unpaired) electrons. The molecule has 2 aliphatic rings. The number of nitrogens with one attached hydrogen (secondary N) is 1. The van der Waals surface area contributed by atoms with Crippen LogP contribution in [0.15, 0.2) is 119 Å². The van der Waals surface area contributed by atoms with Gasteiger partial charge in [-0.1, -0.05) is 83.9 Å². The highest BCUT2D eigenvalue weighted by atomic mass is 35.5. The number of nitrogens with two attached hydrogens (primary N) is 2. The number of carbonyl (C=O) groups is 2. The molecule has 4 atom stereocenters. The summed E-state index contributed by atoms with van der Waals surface area (Å²) < 4.78 is 0. The smallest absolute Gasteiger partial charge is 0.222 e. The number of hydrogen-bond donors (Lipinski definition) is 3. The van der Waals surface area contributed by atoms with Crippen molar-refractivity contribution < 1.29 is 9.59 Å². The third-order valence-electron chi connectivity index (χ3n) is 8.43. The van der Waals surface area contributed by atoms with Gasteiger partial charge in [-0.15, -0.1) is 0 Å². The molecule has 0 saturated carbocycles. The van der Waals surface area contributed by atoms with Gasteiger partial charge in [0.1, 0.15) is 17.1 Å². The van der Waals surface area contributed by atoms with Gasteiger partial charge in [-0.05, 0) is 71.9 Å². The minimum Gasteiger partial charge on any atom is -0.386 e. The number of hydrogen-bond acceptors (Lipinski definition) is 6. The van der Waals surface area contributed by atoms with Gasteiger partial charge in [-0.2, -0.15) is 0 Å².